The lowest BCUT2D eigenvalue weighted by molar-refractivity contribution is -0.102. The number of aliphatic hydroxyl groups is 1. The smallest absolute Gasteiger partial charge is 0.110 e. The highest BCUT2D eigenvalue weighted by Gasteiger charge is 2.41. The highest BCUT2D eigenvalue weighted by atomic mass is 32.1. The first-order valence-electron chi connectivity index (χ1n) is 10.8. The molecule has 0 amide bonds. The summed E-state index contributed by atoms with van der Waals surface area (Å²) >= 11 is 1.90. The van der Waals surface area contributed by atoms with Gasteiger partial charge in [-0.15, -0.1) is 11.3 Å². The Hall–Kier alpha value is -0.460. The van der Waals surface area contributed by atoms with E-state index < -0.39 is 0 Å². The molecule has 1 aromatic heterocycles. The zero-order chi connectivity index (χ0) is 18.8. The van der Waals surface area contributed by atoms with Crippen molar-refractivity contribution < 1.29 is 14.6 Å². The van der Waals surface area contributed by atoms with Crippen LogP contribution in [-0.2, 0) is 15.9 Å². The number of ether oxygens (including phenoxy) is 2. The molecule has 2 heterocycles. The average Bonchev–Trinajstić information content (AvgIpc) is 3.21. The molecule has 2 aliphatic carbocycles. The Labute approximate surface area is 167 Å². The second-order valence-electron chi connectivity index (χ2n) is 8.70. The molecule has 1 aromatic rings. The monoisotopic (exact) mass is 393 g/mol. The molecule has 4 rings (SSSR count). The summed E-state index contributed by atoms with van der Waals surface area (Å²) < 4.78 is 11.1. The van der Waals surface area contributed by atoms with E-state index in [9.17, 15) is 5.11 Å². The summed E-state index contributed by atoms with van der Waals surface area (Å²) in [4.78, 5) is 3.99. The number of hydrogen-bond donors (Lipinski definition) is 1. The largest absolute Gasteiger partial charge is 0.381 e. The van der Waals surface area contributed by atoms with Crippen molar-refractivity contribution in [3.8, 4) is 0 Å². The van der Waals surface area contributed by atoms with Crippen LogP contribution in [0.4, 0.5) is 0 Å². The summed E-state index contributed by atoms with van der Waals surface area (Å²) in [6, 6.07) is 2.70. The van der Waals surface area contributed by atoms with Gasteiger partial charge in [0.05, 0.1) is 12.2 Å². The van der Waals surface area contributed by atoms with Crippen molar-refractivity contribution in [2.24, 2.45) is 11.8 Å². The normalized spacial score (nSPS) is 36.3. The van der Waals surface area contributed by atoms with Gasteiger partial charge in [-0.05, 0) is 86.6 Å². The Morgan fingerprint density at radius 1 is 1.00 bits per heavy atom. The van der Waals surface area contributed by atoms with Crippen LogP contribution in [0.2, 0.25) is 0 Å². The minimum atomic E-state index is -0.316. The molecule has 1 aliphatic heterocycles. The molecule has 4 nitrogen and oxygen atoms in total. The van der Waals surface area contributed by atoms with E-state index in [-0.39, 0.29) is 6.23 Å². The highest BCUT2D eigenvalue weighted by molar-refractivity contribution is 7.10. The van der Waals surface area contributed by atoms with E-state index in [2.05, 4.69) is 16.3 Å². The number of thiophene rings is 1. The standard InChI is InChI=1S/C22H35NO3S/c1-25-18-7-3-15(4-8-18)20-21-16(12-14-27-21)11-13-23(20)22(24)17-5-9-19(26-2)10-6-17/h12,14-15,17-20,22,24H,3-11,13H2,1-2H3. The van der Waals surface area contributed by atoms with Crippen molar-refractivity contribution in [2.45, 2.75) is 82.3 Å². The van der Waals surface area contributed by atoms with Gasteiger partial charge in [0.2, 0.25) is 0 Å². The molecule has 27 heavy (non-hydrogen) atoms. The number of fused-ring (bicyclic) bond motifs is 1. The van der Waals surface area contributed by atoms with Gasteiger partial charge in [0.1, 0.15) is 6.23 Å². The minimum Gasteiger partial charge on any atom is -0.381 e. The Kier molecular flexibility index (Phi) is 6.55. The molecule has 1 N–H and O–H groups in total. The molecule has 2 saturated carbocycles. The van der Waals surface area contributed by atoms with E-state index in [0.717, 1.165) is 51.5 Å². The fourth-order valence-corrected chi connectivity index (χ4v) is 6.84. The maximum atomic E-state index is 11.4. The molecule has 0 radical (unpaired) electrons. The fourth-order valence-electron chi connectivity index (χ4n) is 5.67. The first-order valence-corrected chi connectivity index (χ1v) is 11.6. The fraction of sp³-hybridized carbons (Fsp3) is 0.818. The summed E-state index contributed by atoms with van der Waals surface area (Å²) in [5, 5.41) is 13.6. The third-order valence-electron chi connectivity index (χ3n) is 7.36. The maximum Gasteiger partial charge on any atom is 0.110 e. The van der Waals surface area contributed by atoms with Gasteiger partial charge >= 0.3 is 0 Å². The Morgan fingerprint density at radius 3 is 2.26 bits per heavy atom. The second-order valence-corrected chi connectivity index (χ2v) is 9.65. The van der Waals surface area contributed by atoms with E-state index in [1.54, 1.807) is 0 Å². The van der Waals surface area contributed by atoms with Gasteiger partial charge < -0.3 is 14.6 Å². The molecule has 5 heteroatoms. The quantitative estimate of drug-likeness (QED) is 0.806. The van der Waals surface area contributed by atoms with Crippen LogP contribution in [0.3, 0.4) is 0 Å². The topological polar surface area (TPSA) is 41.9 Å². The van der Waals surface area contributed by atoms with E-state index in [4.69, 9.17) is 9.47 Å². The SMILES string of the molecule is COC1CCC(C(O)N2CCc3ccsc3C2C2CCC(OC)CC2)CC1. The van der Waals surface area contributed by atoms with E-state index in [1.807, 2.05) is 25.6 Å². The lowest BCUT2D eigenvalue weighted by atomic mass is 9.78. The summed E-state index contributed by atoms with van der Waals surface area (Å²) in [6.45, 7) is 0.990. The predicted octanol–water partition coefficient (Wildman–Crippen LogP) is 4.38. The molecule has 0 bridgehead atoms. The molecule has 2 unspecified atom stereocenters. The zero-order valence-corrected chi connectivity index (χ0v) is 17.6. The Bertz CT molecular complexity index is 590. The number of hydrogen-bond acceptors (Lipinski definition) is 5. The Morgan fingerprint density at radius 2 is 1.63 bits per heavy atom. The molecule has 2 fully saturated rings. The molecule has 0 aromatic carbocycles. The molecule has 0 saturated heterocycles. The lowest BCUT2D eigenvalue weighted by Gasteiger charge is -2.47. The van der Waals surface area contributed by atoms with Crippen LogP contribution in [0, 0.1) is 11.8 Å². The minimum absolute atomic E-state index is 0.316. The van der Waals surface area contributed by atoms with Crippen molar-refractivity contribution in [3.05, 3.63) is 21.9 Å². The van der Waals surface area contributed by atoms with Crippen LogP contribution in [0.1, 0.15) is 67.8 Å². The molecular weight excluding hydrogens is 358 g/mol. The van der Waals surface area contributed by atoms with Crippen molar-refractivity contribution >= 4 is 11.3 Å². The Balaban J connectivity index is 1.50. The van der Waals surface area contributed by atoms with Gasteiger partial charge in [-0.3, -0.25) is 4.90 Å². The number of rotatable bonds is 5. The van der Waals surface area contributed by atoms with Gasteiger partial charge in [0.15, 0.2) is 0 Å². The van der Waals surface area contributed by atoms with Gasteiger partial charge in [-0.2, -0.15) is 0 Å². The molecule has 152 valence electrons. The van der Waals surface area contributed by atoms with E-state index >= 15 is 0 Å². The van der Waals surface area contributed by atoms with Crippen molar-refractivity contribution in [2.75, 3.05) is 20.8 Å². The van der Waals surface area contributed by atoms with Crippen LogP contribution >= 0.6 is 11.3 Å². The van der Waals surface area contributed by atoms with Crippen molar-refractivity contribution in [1.82, 2.24) is 4.90 Å². The predicted molar refractivity (Wildman–Crippen MR) is 109 cm³/mol. The van der Waals surface area contributed by atoms with Gasteiger partial charge in [-0.25, -0.2) is 0 Å². The van der Waals surface area contributed by atoms with Crippen LogP contribution in [0.5, 0.6) is 0 Å². The van der Waals surface area contributed by atoms with Gasteiger partial charge in [-0.1, -0.05) is 0 Å². The van der Waals surface area contributed by atoms with Crippen LogP contribution in [-0.4, -0.2) is 49.2 Å². The second kappa shape index (κ2) is 8.91. The van der Waals surface area contributed by atoms with E-state index in [1.165, 1.54) is 23.3 Å². The van der Waals surface area contributed by atoms with Crippen LogP contribution in [0.15, 0.2) is 11.4 Å². The number of nitrogens with zero attached hydrogens (tertiary/aromatic N) is 1. The van der Waals surface area contributed by atoms with Crippen LogP contribution in [0.25, 0.3) is 0 Å². The van der Waals surface area contributed by atoms with Gasteiger partial charge in [0.25, 0.3) is 0 Å². The molecule has 0 spiro atoms. The van der Waals surface area contributed by atoms with E-state index in [0.29, 0.717) is 30.1 Å². The van der Waals surface area contributed by atoms with Crippen molar-refractivity contribution in [1.29, 1.82) is 0 Å². The summed E-state index contributed by atoms with van der Waals surface area (Å²) in [5.41, 5.74) is 1.52. The molecule has 2 atom stereocenters. The first kappa shape index (κ1) is 19.8. The summed E-state index contributed by atoms with van der Waals surface area (Å²) in [7, 11) is 3.66. The van der Waals surface area contributed by atoms with Crippen molar-refractivity contribution in [3.63, 3.8) is 0 Å². The maximum absolute atomic E-state index is 11.4. The van der Waals surface area contributed by atoms with Crippen LogP contribution < -0.4 is 0 Å². The number of methoxy groups -OCH3 is 2. The highest BCUT2D eigenvalue weighted by Crippen LogP contribution is 2.46. The zero-order valence-electron chi connectivity index (χ0n) is 16.8. The third-order valence-corrected chi connectivity index (χ3v) is 8.39. The van der Waals surface area contributed by atoms with Gasteiger partial charge in [0, 0.05) is 31.7 Å². The summed E-state index contributed by atoms with van der Waals surface area (Å²) in [5.74, 6) is 1.02. The third kappa shape index (κ3) is 4.13. The molecular formula is C22H35NO3S. The molecule has 3 aliphatic rings. The number of aliphatic hydroxyl groups excluding tert-OH is 1. The average molecular weight is 394 g/mol. The summed E-state index contributed by atoms with van der Waals surface area (Å²) in [6.07, 6.45) is 10.6. The lowest BCUT2D eigenvalue weighted by Crippen LogP contribution is -2.49. The first-order chi connectivity index (χ1) is 13.2.